The van der Waals surface area contributed by atoms with Gasteiger partial charge in [0.25, 0.3) is 0 Å². The van der Waals surface area contributed by atoms with Gasteiger partial charge >= 0.3 is 47.7 Å². The van der Waals surface area contributed by atoms with Crippen LogP contribution in [0.15, 0.2) is 32.9 Å². The molecule has 20 heteroatoms. The number of alkyl halides is 15. The van der Waals surface area contributed by atoms with E-state index in [1.165, 1.54) is 6.07 Å². The first-order valence-corrected chi connectivity index (χ1v) is 9.74. The van der Waals surface area contributed by atoms with Crippen LogP contribution in [0.25, 0.3) is 0 Å². The maximum absolute atomic E-state index is 13.8. The van der Waals surface area contributed by atoms with Crippen molar-refractivity contribution in [3.8, 4) is 5.75 Å². The minimum Gasteiger partial charge on any atom is -0.429 e. The van der Waals surface area contributed by atoms with Crippen LogP contribution < -0.4 is 4.74 Å². The second-order valence-corrected chi connectivity index (χ2v) is 8.41. The molecule has 0 amide bonds. The van der Waals surface area contributed by atoms with Gasteiger partial charge in [-0.3, -0.25) is 0 Å². The van der Waals surface area contributed by atoms with Gasteiger partial charge in [-0.1, -0.05) is 31.9 Å². The number of hydrogen-bond donors (Lipinski definition) is 0. The van der Waals surface area contributed by atoms with E-state index in [1.807, 2.05) is 0 Å². The summed E-state index contributed by atoms with van der Waals surface area (Å²) < 4.78 is 228. The molecule has 0 aromatic heterocycles. The summed E-state index contributed by atoms with van der Waals surface area (Å²) in [4.78, 5) is 0. The molecule has 36 heavy (non-hydrogen) atoms. The first-order chi connectivity index (χ1) is 15.6. The highest BCUT2D eigenvalue weighted by atomic mass is 79.9. The Bertz CT molecular complexity index is 1030. The van der Waals surface area contributed by atoms with E-state index in [4.69, 9.17) is 0 Å². The van der Waals surface area contributed by atoms with Gasteiger partial charge in [0, 0.05) is 14.5 Å². The number of allylic oxidation sites excluding steroid dienone is 1. The predicted molar refractivity (Wildman–Crippen MR) is 92.2 cm³/mol. The molecule has 0 aliphatic carbocycles. The summed E-state index contributed by atoms with van der Waals surface area (Å²) in [5, 5.41) is 0. The Hall–Kier alpha value is -1.47. The van der Waals surface area contributed by atoms with Gasteiger partial charge in [0.05, 0.1) is 0 Å². The summed E-state index contributed by atoms with van der Waals surface area (Å²) in [5.41, 5.74) is -0.290. The molecular weight excluding hydrogens is 691 g/mol. The molecule has 1 aromatic carbocycles. The Balaban J connectivity index is 3.65. The number of ether oxygens (including phenoxy) is 1. The van der Waals surface area contributed by atoms with E-state index in [2.05, 4.69) is 36.6 Å². The Morgan fingerprint density at radius 1 is 0.639 bits per heavy atom. The summed E-state index contributed by atoms with van der Waals surface area (Å²) >= 11 is 5.52. The van der Waals surface area contributed by atoms with Crippen molar-refractivity contribution in [2.24, 2.45) is 0 Å². The van der Waals surface area contributed by atoms with Crippen LogP contribution in [0.5, 0.6) is 5.75 Å². The van der Waals surface area contributed by atoms with Gasteiger partial charge in [-0.25, -0.2) is 0 Å². The zero-order chi connectivity index (χ0) is 29.1. The van der Waals surface area contributed by atoms with E-state index in [1.54, 1.807) is 0 Å². The molecule has 0 atom stereocenters. The fourth-order valence-electron chi connectivity index (χ4n) is 2.10. The van der Waals surface area contributed by atoms with E-state index < -0.39 is 59.3 Å². The Morgan fingerprint density at radius 3 is 1.44 bits per heavy atom. The van der Waals surface area contributed by atoms with Gasteiger partial charge in [0.2, 0.25) is 5.83 Å². The molecule has 0 heterocycles. The summed E-state index contributed by atoms with van der Waals surface area (Å²) in [6.45, 7) is 1.00. The largest absolute Gasteiger partial charge is 0.460 e. The molecule has 0 aliphatic rings. The minimum atomic E-state index is -8.63. The van der Waals surface area contributed by atoms with Crippen LogP contribution in [0.4, 0.5) is 74.6 Å². The van der Waals surface area contributed by atoms with Crippen LogP contribution in [0.2, 0.25) is 0 Å². The summed E-state index contributed by atoms with van der Waals surface area (Å²) in [6.07, 6.45) is -7.78. The average Bonchev–Trinajstić information content (AvgIpc) is 2.69. The zero-order valence-corrected chi connectivity index (χ0v) is 19.4. The normalized spacial score (nSPS) is 15.7. The van der Waals surface area contributed by atoms with E-state index >= 15 is 0 Å². The summed E-state index contributed by atoms with van der Waals surface area (Å²) in [5.74, 6) is -55.1. The molecule has 1 aromatic rings. The van der Waals surface area contributed by atoms with Gasteiger partial charge in [-0.2, -0.15) is 74.6 Å². The molecule has 0 saturated heterocycles. The molecule has 0 fully saturated rings. The Labute approximate surface area is 204 Å². The lowest BCUT2D eigenvalue weighted by Crippen LogP contribution is -2.72. The number of rotatable bonds is 8. The first-order valence-electron chi connectivity index (χ1n) is 8.15. The van der Waals surface area contributed by atoms with Crippen LogP contribution in [0.1, 0.15) is 5.56 Å². The van der Waals surface area contributed by atoms with Crippen molar-refractivity contribution in [3.05, 3.63) is 38.5 Å². The second-order valence-electron chi connectivity index (χ2n) is 6.64. The van der Waals surface area contributed by atoms with Crippen LogP contribution in [-0.2, 0) is 0 Å². The van der Waals surface area contributed by atoms with E-state index in [0.717, 1.165) is 6.92 Å². The lowest BCUT2D eigenvalue weighted by atomic mass is 9.91. The highest BCUT2D eigenvalue weighted by molar-refractivity contribution is 9.11. The van der Waals surface area contributed by atoms with E-state index in [-0.39, 0.29) is 14.5 Å². The molecule has 0 saturated carbocycles. The minimum absolute atomic E-state index is 0.0452. The van der Waals surface area contributed by atoms with Gasteiger partial charge in [0.15, 0.2) is 0 Å². The van der Waals surface area contributed by atoms with Gasteiger partial charge in [-0.05, 0) is 19.1 Å². The molecular formula is C16H5Br2F17O. The number of benzene rings is 1. The van der Waals surface area contributed by atoms with Crippen molar-refractivity contribution in [1.82, 2.24) is 0 Å². The van der Waals surface area contributed by atoms with Gasteiger partial charge in [-0.15, -0.1) is 0 Å². The van der Waals surface area contributed by atoms with Crippen LogP contribution in [-0.4, -0.2) is 41.7 Å². The molecule has 0 aliphatic heterocycles. The third-order valence-electron chi connectivity index (χ3n) is 4.24. The quantitative estimate of drug-likeness (QED) is 0.195. The predicted octanol–water partition coefficient (Wildman–Crippen LogP) is 9.38. The molecule has 0 bridgehead atoms. The lowest BCUT2D eigenvalue weighted by molar-refractivity contribution is -0.451. The van der Waals surface area contributed by atoms with Crippen molar-refractivity contribution < 1.29 is 79.4 Å². The maximum atomic E-state index is 13.8. The van der Waals surface area contributed by atoms with Crippen molar-refractivity contribution >= 4 is 31.9 Å². The Kier molecular flexibility index (Phi) is 8.48. The molecule has 0 unspecified atom stereocenters. The SMILES string of the molecule is Cc1c(Br)cc(Br)cc1OC(F)=C(F)C(F)(F)C(F)(F)C(F)(F)C(F)(F)C(F)(F)C(F)(F)C(F)(F)F. The van der Waals surface area contributed by atoms with Crippen molar-refractivity contribution in [2.75, 3.05) is 0 Å². The molecule has 0 spiro atoms. The fraction of sp³-hybridized carbons (Fsp3) is 0.500. The molecule has 1 nitrogen and oxygen atoms in total. The fourth-order valence-corrected chi connectivity index (χ4v) is 3.28. The third kappa shape index (κ3) is 4.75. The summed E-state index contributed by atoms with van der Waals surface area (Å²) in [7, 11) is 0. The second kappa shape index (κ2) is 9.37. The Morgan fingerprint density at radius 2 is 1.03 bits per heavy atom. The monoisotopic (exact) mass is 694 g/mol. The lowest BCUT2D eigenvalue weighted by Gasteiger charge is -2.41. The zero-order valence-electron chi connectivity index (χ0n) is 16.2. The first kappa shape index (κ1) is 32.6. The molecule has 1 rings (SSSR count). The molecule has 0 N–H and O–H groups in total. The molecule has 0 radical (unpaired) electrons. The topological polar surface area (TPSA) is 9.23 Å². The van der Waals surface area contributed by atoms with E-state index in [0.29, 0.717) is 6.07 Å². The van der Waals surface area contributed by atoms with Crippen molar-refractivity contribution in [1.29, 1.82) is 0 Å². The smallest absolute Gasteiger partial charge is 0.429 e. The number of halogens is 19. The highest BCUT2D eigenvalue weighted by Crippen LogP contribution is 2.63. The molecule has 208 valence electrons. The van der Waals surface area contributed by atoms with Crippen LogP contribution in [0, 0.1) is 6.92 Å². The number of hydrogen-bond acceptors (Lipinski definition) is 1. The maximum Gasteiger partial charge on any atom is 0.460 e. The summed E-state index contributed by atoms with van der Waals surface area (Å²) in [6, 6.07) is -1.67. The van der Waals surface area contributed by atoms with Crippen molar-refractivity contribution in [2.45, 2.75) is 48.6 Å². The standard InChI is InChI=1S/C16H5Br2F17O/c1-4-6(18)2-5(17)3-7(4)36-9(20)8(19)10(21,22)11(23,24)12(25,26)13(27,28)14(29,30)15(31,32)16(33,34)35/h2-3H,1H3. The highest BCUT2D eigenvalue weighted by Gasteiger charge is 2.93. The average molecular weight is 696 g/mol. The van der Waals surface area contributed by atoms with Gasteiger partial charge in [0.1, 0.15) is 5.75 Å². The van der Waals surface area contributed by atoms with Crippen LogP contribution >= 0.6 is 31.9 Å². The van der Waals surface area contributed by atoms with Crippen molar-refractivity contribution in [3.63, 3.8) is 0 Å². The van der Waals surface area contributed by atoms with Crippen LogP contribution in [0.3, 0.4) is 0 Å². The van der Waals surface area contributed by atoms with E-state index in [9.17, 15) is 74.6 Å². The van der Waals surface area contributed by atoms with Gasteiger partial charge < -0.3 is 4.74 Å². The third-order valence-corrected chi connectivity index (χ3v) is 5.52.